The van der Waals surface area contributed by atoms with E-state index in [1.165, 1.54) is 12.1 Å². The van der Waals surface area contributed by atoms with Crippen molar-refractivity contribution < 1.29 is 17.6 Å². The maximum atomic E-state index is 14.1. The lowest BCUT2D eigenvalue weighted by molar-refractivity contribution is -0.120. The summed E-state index contributed by atoms with van der Waals surface area (Å²) in [5, 5.41) is 2.97. The Morgan fingerprint density at radius 3 is 2.45 bits per heavy atom. The van der Waals surface area contributed by atoms with Gasteiger partial charge in [-0.25, -0.2) is 4.39 Å². The van der Waals surface area contributed by atoms with E-state index >= 15 is 0 Å². The molecule has 0 radical (unpaired) electrons. The van der Waals surface area contributed by atoms with Gasteiger partial charge in [-0.1, -0.05) is 6.07 Å². The van der Waals surface area contributed by atoms with Crippen molar-refractivity contribution in [2.75, 3.05) is 18.5 Å². The fourth-order valence-corrected chi connectivity index (χ4v) is 2.18. The first-order chi connectivity index (χ1) is 9.31. The molecule has 1 aliphatic rings. The van der Waals surface area contributed by atoms with E-state index in [0.717, 1.165) is 10.5 Å². The first-order valence-corrected chi connectivity index (χ1v) is 6.62. The Labute approximate surface area is 115 Å². The van der Waals surface area contributed by atoms with Gasteiger partial charge in [-0.05, 0) is 44.5 Å². The van der Waals surface area contributed by atoms with Gasteiger partial charge in [0.15, 0.2) is 0 Å². The van der Waals surface area contributed by atoms with Crippen molar-refractivity contribution >= 4 is 5.69 Å². The number of nitrogens with one attached hydrogen (secondary N) is 1. The van der Waals surface area contributed by atoms with Crippen LogP contribution in [0.5, 0.6) is 0 Å². The van der Waals surface area contributed by atoms with Crippen molar-refractivity contribution in [3.63, 3.8) is 0 Å². The normalized spacial score (nSPS) is 17.1. The van der Waals surface area contributed by atoms with Crippen LogP contribution in [0.1, 0.15) is 31.4 Å². The SMILES string of the molecule is CNC(C)c1ccc(N(CC(F)(F)F)C2CC2)c(F)c1. The second kappa shape index (κ2) is 5.60. The van der Waals surface area contributed by atoms with Crippen LogP contribution in [0.3, 0.4) is 0 Å². The molecule has 0 bridgehead atoms. The van der Waals surface area contributed by atoms with Crippen LogP contribution in [-0.2, 0) is 0 Å². The second-order valence-electron chi connectivity index (χ2n) is 5.20. The Bertz CT molecular complexity index is 469. The summed E-state index contributed by atoms with van der Waals surface area (Å²) in [6.45, 7) is 0.762. The molecule has 2 nitrogen and oxygen atoms in total. The van der Waals surface area contributed by atoms with Gasteiger partial charge in [-0.15, -0.1) is 0 Å². The number of benzene rings is 1. The van der Waals surface area contributed by atoms with E-state index in [4.69, 9.17) is 0 Å². The molecule has 0 amide bonds. The number of hydrogen-bond acceptors (Lipinski definition) is 2. The molecule has 2 rings (SSSR count). The fraction of sp³-hybridized carbons (Fsp3) is 0.571. The molecule has 0 heterocycles. The first-order valence-electron chi connectivity index (χ1n) is 6.62. The minimum absolute atomic E-state index is 0.0388. The van der Waals surface area contributed by atoms with E-state index in [0.29, 0.717) is 12.8 Å². The molecule has 0 aliphatic heterocycles. The number of hydrogen-bond donors (Lipinski definition) is 1. The predicted octanol–water partition coefficient (Wildman–Crippen LogP) is 3.64. The lowest BCUT2D eigenvalue weighted by Gasteiger charge is -2.26. The molecular weight excluding hydrogens is 272 g/mol. The molecule has 1 N–H and O–H groups in total. The van der Waals surface area contributed by atoms with E-state index in [1.807, 2.05) is 6.92 Å². The first kappa shape index (κ1) is 15.1. The fourth-order valence-electron chi connectivity index (χ4n) is 2.18. The summed E-state index contributed by atoms with van der Waals surface area (Å²) < 4.78 is 51.9. The van der Waals surface area contributed by atoms with Gasteiger partial charge in [0.05, 0.1) is 5.69 Å². The van der Waals surface area contributed by atoms with Crippen LogP contribution in [0.4, 0.5) is 23.2 Å². The zero-order valence-corrected chi connectivity index (χ0v) is 11.5. The summed E-state index contributed by atoms with van der Waals surface area (Å²) in [4.78, 5) is 1.13. The van der Waals surface area contributed by atoms with Gasteiger partial charge in [0.25, 0.3) is 0 Å². The minimum atomic E-state index is -4.33. The highest BCUT2D eigenvalue weighted by atomic mass is 19.4. The monoisotopic (exact) mass is 290 g/mol. The second-order valence-corrected chi connectivity index (χ2v) is 5.20. The van der Waals surface area contributed by atoms with Gasteiger partial charge in [0, 0.05) is 12.1 Å². The number of halogens is 4. The van der Waals surface area contributed by atoms with Crippen LogP contribution in [0.25, 0.3) is 0 Å². The van der Waals surface area contributed by atoms with Crippen molar-refractivity contribution in [1.29, 1.82) is 0 Å². The predicted molar refractivity (Wildman–Crippen MR) is 70.3 cm³/mol. The van der Waals surface area contributed by atoms with Crippen molar-refractivity contribution in [2.24, 2.45) is 0 Å². The van der Waals surface area contributed by atoms with Crippen LogP contribution in [0.2, 0.25) is 0 Å². The summed E-state index contributed by atoms with van der Waals surface area (Å²) in [5.74, 6) is -0.597. The van der Waals surface area contributed by atoms with Crippen LogP contribution in [-0.4, -0.2) is 25.8 Å². The molecule has 1 saturated carbocycles. The van der Waals surface area contributed by atoms with E-state index in [2.05, 4.69) is 5.32 Å². The Hall–Kier alpha value is -1.30. The smallest absolute Gasteiger partial charge is 0.357 e. The van der Waals surface area contributed by atoms with Crippen molar-refractivity contribution in [3.05, 3.63) is 29.6 Å². The van der Waals surface area contributed by atoms with Crippen LogP contribution in [0, 0.1) is 5.82 Å². The van der Waals surface area contributed by atoms with E-state index in [9.17, 15) is 17.6 Å². The number of anilines is 1. The third-order valence-corrected chi connectivity index (χ3v) is 3.55. The maximum absolute atomic E-state index is 14.1. The van der Waals surface area contributed by atoms with E-state index in [1.54, 1.807) is 13.1 Å². The van der Waals surface area contributed by atoms with Crippen molar-refractivity contribution in [3.8, 4) is 0 Å². The lowest BCUT2D eigenvalue weighted by atomic mass is 10.1. The van der Waals surface area contributed by atoms with Gasteiger partial charge in [-0.3, -0.25) is 0 Å². The Morgan fingerprint density at radius 2 is 2.00 bits per heavy atom. The summed E-state index contributed by atoms with van der Waals surface area (Å²) in [6, 6.07) is 4.19. The van der Waals surface area contributed by atoms with Gasteiger partial charge in [-0.2, -0.15) is 13.2 Å². The molecule has 6 heteroatoms. The van der Waals surface area contributed by atoms with Crippen LogP contribution >= 0.6 is 0 Å². The standard InChI is InChI=1S/C14H18F4N2/c1-9(19-2)10-3-6-13(12(15)7-10)20(11-4-5-11)8-14(16,17)18/h3,6-7,9,11,19H,4-5,8H2,1-2H3. The molecule has 20 heavy (non-hydrogen) atoms. The molecule has 1 unspecified atom stereocenters. The minimum Gasteiger partial charge on any atom is -0.357 e. The molecule has 1 atom stereocenters. The summed E-state index contributed by atoms with van der Waals surface area (Å²) in [7, 11) is 1.75. The maximum Gasteiger partial charge on any atom is 0.405 e. The van der Waals surface area contributed by atoms with Crippen molar-refractivity contribution in [1.82, 2.24) is 5.32 Å². The van der Waals surface area contributed by atoms with Gasteiger partial charge < -0.3 is 10.2 Å². The molecule has 1 fully saturated rings. The van der Waals surface area contributed by atoms with Crippen LogP contribution in [0.15, 0.2) is 18.2 Å². The number of alkyl halides is 3. The Balaban J connectivity index is 2.25. The van der Waals surface area contributed by atoms with E-state index in [-0.39, 0.29) is 17.8 Å². The summed E-state index contributed by atoms with van der Waals surface area (Å²) in [5.41, 5.74) is 0.758. The number of rotatable bonds is 5. The highest BCUT2D eigenvalue weighted by Gasteiger charge is 2.39. The molecule has 0 spiro atoms. The molecule has 0 saturated heterocycles. The van der Waals surface area contributed by atoms with Gasteiger partial charge in [0.2, 0.25) is 0 Å². The van der Waals surface area contributed by atoms with Gasteiger partial charge in [0.1, 0.15) is 12.4 Å². The Kier molecular flexibility index (Phi) is 4.22. The van der Waals surface area contributed by atoms with E-state index < -0.39 is 18.5 Å². The molecule has 1 aromatic rings. The third kappa shape index (κ3) is 3.62. The van der Waals surface area contributed by atoms with Crippen LogP contribution < -0.4 is 10.2 Å². The quantitative estimate of drug-likeness (QED) is 0.833. The molecular formula is C14H18F4N2. The highest BCUT2D eigenvalue weighted by molar-refractivity contribution is 5.51. The average Bonchev–Trinajstić information content (AvgIpc) is 3.18. The largest absolute Gasteiger partial charge is 0.405 e. The zero-order chi connectivity index (χ0) is 14.9. The summed E-state index contributed by atoms with van der Waals surface area (Å²) >= 11 is 0. The lowest BCUT2D eigenvalue weighted by Crippen LogP contribution is -2.36. The van der Waals surface area contributed by atoms with Gasteiger partial charge >= 0.3 is 6.18 Å². The molecule has 1 aromatic carbocycles. The zero-order valence-electron chi connectivity index (χ0n) is 11.5. The number of nitrogens with zero attached hydrogens (tertiary/aromatic N) is 1. The molecule has 112 valence electrons. The Morgan fingerprint density at radius 1 is 1.35 bits per heavy atom. The molecule has 0 aromatic heterocycles. The average molecular weight is 290 g/mol. The molecule has 1 aliphatic carbocycles. The topological polar surface area (TPSA) is 15.3 Å². The highest BCUT2D eigenvalue weighted by Crippen LogP contribution is 2.36. The third-order valence-electron chi connectivity index (χ3n) is 3.55. The van der Waals surface area contributed by atoms with Crippen molar-refractivity contribution in [2.45, 2.75) is 38.0 Å². The summed E-state index contributed by atoms with van der Waals surface area (Å²) in [6.07, 6.45) is -2.96.